The topological polar surface area (TPSA) is 82.9 Å². The van der Waals surface area contributed by atoms with Crippen LogP contribution in [0.5, 0.6) is 0 Å². The van der Waals surface area contributed by atoms with Crippen LogP contribution in [0.4, 0.5) is 0 Å². The summed E-state index contributed by atoms with van der Waals surface area (Å²) in [4.78, 5) is 24.2. The Morgan fingerprint density at radius 3 is 1.52 bits per heavy atom. The fourth-order valence-corrected chi connectivity index (χ4v) is 3.00. The van der Waals surface area contributed by atoms with Gasteiger partial charge >= 0.3 is 0 Å². The van der Waals surface area contributed by atoms with Gasteiger partial charge in [0.25, 0.3) is 11.8 Å². The van der Waals surface area contributed by atoms with Crippen LogP contribution in [-0.2, 0) is 9.59 Å². The van der Waals surface area contributed by atoms with E-state index in [1.54, 1.807) is 26.3 Å². The van der Waals surface area contributed by atoms with Crippen LogP contribution in [0.25, 0.3) is 0 Å². The molecule has 0 aliphatic carbocycles. The predicted molar refractivity (Wildman–Crippen MR) is 111 cm³/mol. The van der Waals surface area contributed by atoms with Gasteiger partial charge in [-0.1, -0.05) is 60.7 Å². The van der Waals surface area contributed by atoms with Crippen LogP contribution in [0, 0.1) is 0 Å². The first kappa shape index (κ1) is 20.4. The lowest BCUT2D eigenvalue weighted by molar-refractivity contribution is -0.120. The Hall–Kier alpha value is -2.93. The van der Waals surface area contributed by atoms with Gasteiger partial charge in [0.2, 0.25) is 0 Å². The molecule has 27 heavy (non-hydrogen) atoms. The van der Waals surface area contributed by atoms with Crippen molar-refractivity contribution in [1.82, 2.24) is 10.9 Å². The molecule has 2 atom stereocenters. The van der Waals surface area contributed by atoms with Crippen LogP contribution in [0.2, 0.25) is 0 Å². The second-order valence-corrected chi connectivity index (χ2v) is 7.40. The fourth-order valence-electron chi connectivity index (χ4n) is 2.03. The molecule has 2 amide bonds. The molecule has 0 spiro atoms. The lowest BCUT2D eigenvalue weighted by Crippen LogP contribution is -2.33. The van der Waals surface area contributed by atoms with Crippen molar-refractivity contribution < 1.29 is 9.59 Å². The van der Waals surface area contributed by atoms with Crippen molar-refractivity contribution in [2.45, 2.75) is 24.3 Å². The van der Waals surface area contributed by atoms with Gasteiger partial charge in [0.15, 0.2) is 0 Å². The van der Waals surface area contributed by atoms with Crippen LogP contribution in [-0.4, -0.2) is 34.7 Å². The summed E-state index contributed by atoms with van der Waals surface area (Å²) in [7, 11) is 0. The molecule has 0 bridgehead atoms. The maximum atomic E-state index is 12.1. The molecule has 6 nitrogen and oxygen atoms in total. The van der Waals surface area contributed by atoms with E-state index in [1.807, 2.05) is 60.7 Å². The van der Waals surface area contributed by atoms with E-state index in [0.717, 1.165) is 11.1 Å². The van der Waals surface area contributed by atoms with Crippen LogP contribution in [0.1, 0.15) is 25.0 Å². The second-order valence-electron chi connectivity index (χ2n) is 5.71. The molecule has 7 heteroatoms. The van der Waals surface area contributed by atoms with Crippen molar-refractivity contribution in [2.24, 2.45) is 10.2 Å². The first-order chi connectivity index (χ1) is 13.1. The van der Waals surface area contributed by atoms with E-state index in [0.29, 0.717) is 0 Å². The zero-order valence-corrected chi connectivity index (χ0v) is 16.0. The smallest absolute Gasteiger partial charge is 0.252 e. The molecule has 0 aliphatic heterocycles. The van der Waals surface area contributed by atoms with Gasteiger partial charge in [-0.2, -0.15) is 10.2 Å². The Labute approximate surface area is 163 Å². The molecule has 0 aliphatic rings. The molecule has 0 saturated heterocycles. The summed E-state index contributed by atoms with van der Waals surface area (Å²) < 4.78 is 0. The summed E-state index contributed by atoms with van der Waals surface area (Å²) in [6, 6.07) is 18.9. The van der Waals surface area contributed by atoms with Crippen molar-refractivity contribution >= 4 is 36.0 Å². The molecule has 2 aromatic carbocycles. The third kappa shape index (κ3) is 7.45. The third-order valence-corrected chi connectivity index (χ3v) is 4.77. The number of hydrogen-bond donors (Lipinski definition) is 2. The molecule has 0 saturated carbocycles. The molecule has 2 rings (SSSR count). The Morgan fingerprint density at radius 1 is 0.778 bits per heavy atom. The summed E-state index contributed by atoms with van der Waals surface area (Å²) in [5, 5.41) is 7.00. The number of hydrazone groups is 2. The monoisotopic (exact) mass is 382 g/mol. The average Bonchev–Trinajstić information content (AvgIpc) is 2.69. The second kappa shape index (κ2) is 10.9. The van der Waals surface area contributed by atoms with Gasteiger partial charge in [0.05, 0.1) is 22.9 Å². The zero-order chi connectivity index (χ0) is 19.5. The highest BCUT2D eigenvalue weighted by molar-refractivity contribution is 8.01. The zero-order valence-electron chi connectivity index (χ0n) is 15.2. The number of hydrogen-bond acceptors (Lipinski definition) is 5. The number of nitrogens with one attached hydrogen (secondary N) is 2. The largest absolute Gasteiger partial charge is 0.272 e. The van der Waals surface area contributed by atoms with Gasteiger partial charge in [0, 0.05) is 0 Å². The Kier molecular flexibility index (Phi) is 8.25. The van der Waals surface area contributed by atoms with Gasteiger partial charge in [0.1, 0.15) is 0 Å². The first-order valence-electron chi connectivity index (χ1n) is 8.47. The van der Waals surface area contributed by atoms with E-state index < -0.39 is 10.5 Å². The van der Waals surface area contributed by atoms with Crippen molar-refractivity contribution in [3.05, 3.63) is 71.8 Å². The minimum atomic E-state index is -0.434. The van der Waals surface area contributed by atoms with Gasteiger partial charge in [-0.05, 0) is 25.0 Å². The van der Waals surface area contributed by atoms with Crippen LogP contribution in [0.3, 0.4) is 0 Å². The van der Waals surface area contributed by atoms with Crippen molar-refractivity contribution in [2.75, 3.05) is 0 Å². The number of carbonyl (C=O) groups excluding carboxylic acids is 2. The van der Waals surface area contributed by atoms with Gasteiger partial charge in [-0.15, -0.1) is 11.8 Å². The van der Waals surface area contributed by atoms with E-state index in [4.69, 9.17) is 0 Å². The highest BCUT2D eigenvalue weighted by Crippen LogP contribution is 2.17. The van der Waals surface area contributed by atoms with Crippen molar-refractivity contribution in [3.63, 3.8) is 0 Å². The van der Waals surface area contributed by atoms with E-state index >= 15 is 0 Å². The number of thioether (sulfide) groups is 1. The molecule has 2 N–H and O–H groups in total. The van der Waals surface area contributed by atoms with Crippen molar-refractivity contribution in [1.29, 1.82) is 0 Å². The summed E-state index contributed by atoms with van der Waals surface area (Å²) in [6.07, 6.45) is 3.15. The maximum absolute atomic E-state index is 12.1. The number of rotatable bonds is 8. The van der Waals surface area contributed by atoms with Crippen LogP contribution in [0.15, 0.2) is 70.9 Å². The van der Waals surface area contributed by atoms with Crippen LogP contribution < -0.4 is 10.9 Å². The molecule has 0 radical (unpaired) electrons. The first-order valence-corrected chi connectivity index (χ1v) is 9.42. The molecule has 2 aromatic rings. The highest BCUT2D eigenvalue weighted by Gasteiger charge is 2.21. The lowest BCUT2D eigenvalue weighted by Gasteiger charge is -2.14. The molecule has 0 fully saturated rings. The molecular weight excluding hydrogens is 360 g/mol. The molecule has 2 unspecified atom stereocenters. The minimum absolute atomic E-state index is 0.264. The van der Waals surface area contributed by atoms with E-state index in [2.05, 4.69) is 21.1 Å². The Morgan fingerprint density at radius 2 is 1.15 bits per heavy atom. The Balaban J connectivity index is 1.75. The number of amides is 2. The van der Waals surface area contributed by atoms with Crippen molar-refractivity contribution in [3.8, 4) is 0 Å². The van der Waals surface area contributed by atoms with Gasteiger partial charge in [-0.3, -0.25) is 9.59 Å². The summed E-state index contributed by atoms with van der Waals surface area (Å²) in [6.45, 7) is 3.46. The minimum Gasteiger partial charge on any atom is -0.272 e. The fraction of sp³-hybridized carbons (Fsp3) is 0.200. The molecular formula is C20H22N4O2S. The van der Waals surface area contributed by atoms with Gasteiger partial charge in [-0.25, -0.2) is 10.9 Å². The highest BCUT2D eigenvalue weighted by atomic mass is 32.2. The SMILES string of the molecule is CC(SC(C)C(=O)NN=Cc1ccccc1)C(=O)NN=Cc1ccccc1. The molecule has 140 valence electrons. The number of carbonyl (C=O) groups is 2. The average molecular weight is 382 g/mol. The summed E-state index contributed by atoms with van der Waals surface area (Å²) in [5.41, 5.74) is 6.76. The number of nitrogens with zero attached hydrogens (tertiary/aromatic N) is 2. The number of benzene rings is 2. The van der Waals surface area contributed by atoms with E-state index in [1.165, 1.54) is 11.8 Å². The van der Waals surface area contributed by atoms with E-state index in [9.17, 15) is 9.59 Å². The lowest BCUT2D eigenvalue weighted by atomic mass is 10.2. The normalized spacial score (nSPS) is 13.4. The summed E-state index contributed by atoms with van der Waals surface area (Å²) >= 11 is 1.24. The quantitative estimate of drug-likeness (QED) is 0.544. The predicted octanol–water partition coefficient (Wildman–Crippen LogP) is 2.80. The van der Waals surface area contributed by atoms with Gasteiger partial charge < -0.3 is 0 Å². The molecule has 0 heterocycles. The molecule has 0 aromatic heterocycles. The van der Waals surface area contributed by atoms with E-state index in [-0.39, 0.29) is 11.8 Å². The third-order valence-electron chi connectivity index (χ3n) is 3.52. The summed E-state index contributed by atoms with van der Waals surface area (Å²) in [5.74, 6) is -0.528. The maximum Gasteiger partial charge on any atom is 0.252 e. The standard InChI is InChI=1S/C20H22N4O2S/c1-15(19(25)23-21-13-17-9-5-3-6-10-17)27-16(2)20(26)24-22-14-18-11-7-4-8-12-18/h3-16H,1-2H3,(H,23,25)(H,24,26). The Bertz CT molecular complexity index is 727. The van der Waals surface area contributed by atoms with Crippen LogP contribution >= 0.6 is 11.8 Å².